The van der Waals surface area contributed by atoms with Crippen LogP contribution in [0.4, 0.5) is 10.5 Å². The van der Waals surface area contributed by atoms with Crippen molar-refractivity contribution in [2.24, 2.45) is 5.92 Å². The fourth-order valence-electron chi connectivity index (χ4n) is 3.82. The van der Waals surface area contributed by atoms with E-state index >= 15 is 0 Å². The summed E-state index contributed by atoms with van der Waals surface area (Å²) in [4.78, 5) is 29.7. The van der Waals surface area contributed by atoms with Crippen LogP contribution in [0, 0.1) is 5.92 Å². The molecule has 0 radical (unpaired) electrons. The molecular weight excluding hydrogens is 433 g/mol. The molecule has 3 rings (SSSR count). The number of hydrogen-bond acceptors (Lipinski definition) is 2. The molecule has 2 aromatic carbocycles. The van der Waals surface area contributed by atoms with Crippen LogP contribution >= 0.6 is 23.2 Å². The summed E-state index contributed by atoms with van der Waals surface area (Å²) < 4.78 is 0. The smallest absolute Gasteiger partial charge is 0.322 e. The van der Waals surface area contributed by atoms with Crippen molar-refractivity contribution in [3.05, 3.63) is 63.6 Å². The van der Waals surface area contributed by atoms with Crippen LogP contribution in [0.2, 0.25) is 10.0 Å². The van der Waals surface area contributed by atoms with Crippen LogP contribution in [0.1, 0.15) is 44.4 Å². The zero-order valence-electron chi connectivity index (χ0n) is 18.2. The van der Waals surface area contributed by atoms with Crippen LogP contribution in [-0.4, -0.2) is 41.4 Å². The van der Waals surface area contributed by atoms with Crippen molar-refractivity contribution < 1.29 is 9.59 Å². The van der Waals surface area contributed by atoms with Crippen molar-refractivity contribution >= 4 is 40.8 Å². The number of rotatable bonds is 6. The van der Waals surface area contributed by atoms with E-state index in [0.717, 1.165) is 12.8 Å². The molecule has 0 saturated heterocycles. The summed E-state index contributed by atoms with van der Waals surface area (Å²) in [5.74, 6) is 0.355. The molecule has 0 saturated carbocycles. The number of hydrogen-bond donors (Lipinski definition) is 1. The van der Waals surface area contributed by atoms with Gasteiger partial charge in [-0.25, -0.2) is 4.79 Å². The number of fused-ring (bicyclic) bond motifs is 1. The Bertz CT molecular complexity index is 948. The molecule has 0 aliphatic carbocycles. The summed E-state index contributed by atoms with van der Waals surface area (Å²) in [6.07, 6.45) is 1.62. The fourth-order valence-corrected chi connectivity index (χ4v) is 4.27. The van der Waals surface area contributed by atoms with Crippen molar-refractivity contribution in [3.8, 4) is 0 Å². The number of nitrogens with zero attached hydrogens (tertiary/aromatic N) is 2. The summed E-state index contributed by atoms with van der Waals surface area (Å²) in [5, 5.41) is 3.68. The van der Waals surface area contributed by atoms with Crippen molar-refractivity contribution in [2.75, 3.05) is 25.0 Å². The standard InChI is InChI=1S/C24H29Cl2N3O2/c1-16(2)10-12-28(24(31)27-22-9-8-19(25)14-21(22)26)15-23(30)29-13-11-18-6-4-5-7-20(18)17(29)3/h4-9,14,16-17H,10-13,15H2,1-3H3,(H,27,31). The van der Waals surface area contributed by atoms with Gasteiger partial charge in [0.25, 0.3) is 0 Å². The Kier molecular flexibility index (Phi) is 7.84. The molecule has 1 heterocycles. The Morgan fingerprint density at radius 1 is 1.19 bits per heavy atom. The molecule has 0 spiro atoms. The number of amides is 3. The van der Waals surface area contributed by atoms with Gasteiger partial charge in [-0.1, -0.05) is 61.3 Å². The zero-order valence-corrected chi connectivity index (χ0v) is 19.7. The van der Waals surface area contributed by atoms with E-state index in [0.29, 0.717) is 34.7 Å². The maximum atomic E-state index is 13.2. The quantitative estimate of drug-likeness (QED) is 0.571. The lowest BCUT2D eigenvalue weighted by Gasteiger charge is -2.36. The normalized spacial score (nSPS) is 15.5. The Hall–Kier alpha value is -2.24. The van der Waals surface area contributed by atoms with Gasteiger partial charge >= 0.3 is 6.03 Å². The predicted octanol–water partition coefficient (Wildman–Crippen LogP) is 6.02. The second kappa shape index (κ2) is 10.4. The van der Waals surface area contributed by atoms with Crippen molar-refractivity contribution in [3.63, 3.8) is 0 Å². The second-order valence-corrected chi connectivity index (χ2v) is 9.21. The molecule has 1 unspecified atom stereocenters. The summed E-state index contributed by atoms with van der Waals surface area (Å²) in [7, 11) is 0. The third-order valence-corrected chi connectivity index (χ3v) is 6.23. The number of urea groups is 1. The molecule has 1 aliphatic rings. The van der Waals surface area contributed by atoms with E-state index in [9.17, 15) is 9.59 Å². The second-order valence-electron chi connectivity index (χ2n) is 8.37. The summed E-state index contributed by atoms with van der Waals surface area (Å²) in [6.45, 7) is 7.40. The Morgan fingerprint density at radius 3 is 2.65 bits per heavy atom. The van der Waals surface area contributed by atoms with Crippen molar-refractivity contribution in [2.45, 2.75) is 39.7 Å². The topological polar surface area (TPSA) is 52.7 Å². The first-order valence-electron chi connectivity index (χ1n) is 10.6. The maximum Gasteiger partial charge on any atom is 0.322 e. The van der Waals surface area contributed by atoms with E-state index in [1.807, 2.05) is 24.0 Å². The third kappa shape index (κ3) is 5.92. The number of nitrogens with one attached hydrogen (secondary N) is 1. The van der Waals surface area contributed by atoms with Gasteiger partial charge in [0.15, 0.2) is 0 Å². The largest absolute Gasteiger partial charge is 0.334 e. The van der Waals surface area contributed by atoms with Crippen LogP contribution in [0.5, 0.6) is 0 Å². The van der Waals surface area contributed by atoms with Crippen LogP contribution in [0.25, 0.3) is 0 Å². The summed E-state index contributed by atoms with van der Waals surface area (Å²) in [6, 6.07) is 12.8. The molecule has 7 heteroatoms. The highest BCUT2D eigenvalue weighted by Crippen LogP contribution is 2.29. The van der Waals surface area contributed by atoms with Gasteiger partial charge in [0.2, 0.25) is 5.91 Å². The number of halogens is 2. The monoisotopic (exact) mass is 461 g/mol. The van der Waals surface area contributed by atoms with Crippen molar-refractivity contribution in [1.82, 2.24) is 9.80 Å². The van der Waals surface area contributed by atoms with E-state index in [-0.39, 0.29) is 24.5 Å². The average Bonchev–Trinajstić information content (AvgIpc) is 2.73. The molecule has 166 valence electrons. The van der Waals surface area contributed by atoms with Gasteiger partial charge in [-0.05, 0) is 55.0 Å². The number of anilines is 1. The molecule has 0 fully saturated rings. The molecule has 31 heavy (non-hydrogen) atoms. The molecule has 5 nitrogen and oxygen atoms in total. The Labute approximate surface area is 194 Å². The zero-order chi connectivity index (χ0) is 22.5. The molecule has 1 N–H and O–H groups in total. The summed E-state index contributed by atoms with van der Waals surface area (Å²) >= 11 is 12.2. The number of benzene rings is 2. The van der Waals surface area contributed by atoms with E-state index < -0.39 is 0 Å². The van der Waals surface area contributed by atoms with Gasteiger partial charge in [-0.3, -0.25) is 4.79 Å². The molecule has 2 aromatic rings. The third-order valence-electron chi connectivity index (χ3n) is 5.68. The molecule has 1 aliphatic heterocycles. The molecule has 0 bridgehead atoms. The van der Waals surface area contributed by atoms with Gasteiger partial charge < -0.3 is 15.1 Å². The predicted molar refractivity (Wildman–Crippen MR) is 127 cm³/mol. The van der Waals surface area contributed by atoms with Crippen LogP contribution in [0.3, 0.4) is 0 Å². The molecule has 0 aromatic heterocycles. The van der Waals surface area contributed by atoms with Crippen LogP contribution in [-0.2, 0) is 11.2 Å². The van der Waals surface area contributed by atoms with E-state index in [4.69, 9.17) is 23.2 Å². The minimum Gasteiger partial charge on any atom is -0.334 e. The summed E-state index contributed by atoms with van der Waals surface area (Å²) in [5.41, 5.74) is 2.93. The van der Waals surface area contributed by atoms with Gasteiger partial charge in [-0.15, -0.1) is 0 Å². The van der Waals surface area contributed by atoms with Gasteiger partial charge in [0.1, 0.15) is 6.54 Å². The minimum absolute atomic E-state index is 0.0156. The lowest BCUT2D eigenvalue weighted by Crippen LogP contribution is -2.47. The van der Waals surface area contributed by atoms with Gasteiger partial charge in [0, 0.05) is 18.1 Å². The number of carbonyl (C=O) groups excluding carboxylic acids is 2. The highest BCUT2D eigenvalue weighted by atomic mass is 35.5. The van der Waals surface area contributed by atoms with E-state index in [1.54, 1.807) is 23.1 Å². The highest BCUT2D eigenvalue weighted by Gasteiger charge is 2.29. The first-order chi connectivity index (χ1) is 14.8. The Balaban J connectivity index is 1.72. The lowest BCUT2D eigenvalue weighted by atomic mass is 9.93. The minimum atomic E-state index is -0.344. The number of carbonyl (C=O) groups is 2. The first-order valence-corrected chi connectivity index (χ1v) is 11.4. The molecule has 3 amide bonds. The maximum absolute atomic E-state index is 13.2. The van der Waals surface area contributed by atoms with Gasteiger partial charge in [0.05, 0.1) is 16.8 Å². The van der Waals surface area contributed by atoms with Crippen LogP contribution in [0.15, 0.2) is 42.5 Å². The SMILES string of the molecule is CC(C)CCN(CC(=O)N1CCc2ccccc2C1C)C(=O)Nc1ccc(Cl)cc1Cl. The fraction of sp³-hybridized carbons (Fsp3) is 0.417. The van der Waals surface area contributed by atoms with E-state index in [2.05, 4.69) is 31.3 Å². The van der Waals surface area contributed by atoms with E-state index in [1.165, 1.54) is 11.1 Å². The Morgan fingerprint density at radius 2 is 1.94 bits per heavy atom. The highest BCUT2D eigenvalue weighted by molar-refractivity contribution is 6.36. The first kappa shape index (κ1) is 23.4. The molecular formula is C24H29Cl2N3O2. The van der Waals surface area contributed by atoms with Gasteiger partial charge in [-0.2, -0.15) is 0 Å². The van der Waals surface area contributed by atoms with Crippen molar-refractivity contribution in [1.29, 1.82) is 0 Å². The average molecular weight is 462 g/mol. The lowest BCUT2D eigenvalue weighted by molar-refractivity contribution is -0.134. The van der Waals surface area contributed by atoms with Crippen LogP contribution < -0.4 is 5.32 Å². The molecule has 1 atom stereocenters.